The van der Waals surface area contributed by atoms with Crippen LogP contribution in [0.5, 0.6) is 0 Å². The molecule has 0 atom stereocenters. The molecule has 0 aromatic heterocycles. The van der Waals surface area contributed by atoms with Crippen molar-refractivity contribution in [3.63, 3.8) is 0 Å². The highest BCUT2D eigenvalue weighted by Gasteiger charge is 1.81. The Kier molecular flexibility index (Phi) is 6.78. The van der Waals surface area contributed by atoms with E-state index in [0.717, 1.165) is 13.0 Å². The van der Waals surface area contributed by atoms with Gasteiger partial charge in [-0.2, -0.15) is 0 Å². The molecule has 0 saturated carbocycles. The van der Waals surface area contributed by atoms with E-state index in [9.17, 15) is 0 Å². The summed E-state index contributed by atoms with van der Waals surface area (Å²) in [5.74, 6) is 0. The van der Waals surface area contributed by atoms with Crippen LogP contribution in [0, 0.1) is 0 Å². The molecule has 50 valence electrons. The monoisotopic (exact) mass is 119 g/mol. The first kappa shape index (κ1) is 7.88. The maximum atomic E-state index is 8.28. The maximum Gasteiger partial charge on any atom is 0.0961 e. The van der Waals surface area contributed by atoms with Crippen molar-refractivity contribution in [1.82, 2.24) is 5.32 Å². The lowest BCUT2D eigenvalue weighted by atomic mass is 10.5. The number of ether oxygens (including phenoxy) is 1. The van der Waals surface area contributed by atoms with Crippen LogP contribution < -0.4 is 5.32 Å². The van der Waals surface area contributed by atoms with E-state index in [-0.39, 0.29) is 6.61 Å². The fourth-order valence-corrected chi connectivity index (χ4v) is 0.378. The van der Waals surface area contributed by atoms with Crippen LogP contribution in [0.15, 0.2) is 0 Å². The predicted molar refractivity (Wildman–Crippen MR) is 31.6 cm³/mol. The van der Waals surface area contributed by atoms with Gasteiger partial charge in [-0.3, -0.25) is 5.32 Å². The summed E-state index contributed by atoms with van der Waals surface area (Å²) in [5, 5.41) is 11.2. The van der Waals surface area contributed by atoms with Crippen LogP contribution in [-0.4, -0.2) is 32.1 Å². The highest BCUT2D eigenvalue weighted by atomic mass is 16.5. The second-order valence-corrected chi connectivity index (χ2v) is 1.51. The highest BCUT2D eigenvalue weighted by molar-refractivity contribution is 4.37. The third-order valence-electron chi connectivity index (χ3n) is 0.758. The van der Waals surface area contributed by atoms with Gasteiger partial charge in [0.15, 0.2) is 0 Å². The Morgan fingerprint density at radius 1 is 1.62 bits per heavy atom. The molecular weight excluding hydrogens is 106 g/mol. The first-order chi connectivity index (χ1) is 3.91. The van der Waals surface area contributed by atoms with E-state index in [0.29, 0.717) is 6.73 Å². The van der Waals surface area contributed by atoms with Gasteiger partial charge in [0.05, 0.1) is 6.73 Å². The molecule has 0 aliphatic carbocycles. The van der Waals surface area contributed by atoms with Crippen molar-refractivity contribution >= 4 is 0 Å². The van der Waals surface area contributed by atoms with Crippen LogP contribution in [0.3, 0.4) is 0 Å². The number of rotatable bonds is 5. The van der Waals surface area contributed by atoms with Gasteiger partial charge in [0.2, 0.25) is 0 Å². The Bertz CT molecular complexity index is 35.4. The molecule has 0 aromatic rings. The van der Waals surface area contributed by atoms with Crippen molar-refractivity contribution < 1.29 is 9.84 Å². The van der Waals surface area contributed by atoms with Crippen molar-refractivity contribution in [2.75, 3.05) is 27.0 Å². The van der Waals surface area contributed by atoms with Gasteiger partial charge >= 0.3 is 0 Å². The second kappa shape index (κ2) is 6.88. The molecule has 0 fully saturated rings. The lowest BCUT2D eigenvalue weighted by Gasteiger charge is -1.98. The Balaban J connectivity index is 2.53. The van der Waals surface area contributed by atoms with E-state index in [1.807, 2.05) is 0 Å². The largest absolute Gasteiger partial charge is 0.396 e. The highest BCUT2D eigenvalue weighted by Crippen LogP contribution is 1.69. The van der Waals surface area contributed by atoms with Crippen LogP contribution in [-0.2, 0) is 4.74 Å². The van der Waals surface area contributed by atoms with E-state index < -0.39 is 0 Å². The lowest BCUT2D eigenvalue weighted by Crippen LogP contribution is -2.18. The second-order valence-electron chi connectivity index (χ2n) is 1.51. The quantitative estimate of drug-likeness (QED) is 0.381. The summed E-state index contributed by atoms with van der Waals surface area (Å²) < 4.78 is 4.70. The van der Waals surface area contributed by atoms with Crippen LogP contribution in [0.4, 0.5) is 0 Å². The third-order valence-corrected chi connectivity index (χ3v) is 0.758. The Morgan fingerprint density at radius 3 is 2.88 bits per heavy atom. The number of aliphatic hydroxyl groups is 1. The van der Waals surface area contributed by atoms with E-state index in [1.54, 1.807) is 7.11 Å². The molecule has 0 radical (unpaired) electrons. The normalized spacial score (nSPS) is 9.75. The molecule has 2 N–H and O–H groups in total. The van der Waals surface area contributed by atoms with Gasteiger partial charge in [0.1, 0.15) is 0 Å². The summed E-state index contributed by atoms with van der Waals surface area (Å²) in [4.78, 5) is 0. The number of hydrogen-bond donors (Lipinski definition) is 2. The lowest BCUT2D eigenvalue weighted by molar-refractivity contribution is 0.172. The topological polar surface area (TPSA) is 41.5 Å². The Morgan fingerprint density at radius 2 is 2.38 bits per heavy atom. The van der Waals surface area contributed by atoms with E-state index >= 15 is 0 Å². The van der Waals surface area contributed by atoms with Crippen LogP contribution in [0.2, 0.25) is 0 Å². The van der Waals surface area contributed by atoms with Crippen molar-refractivity contribution in [2.24, 2.45) is 0 Å². The van der Waals surface area contributed by atoms with Gasteiger partial charge in [-0.1, -0.05) is 0 Å². The van der Waals surface area contributed by atoms with E-state index in [1.165, 1.54) is 0 Å². The van der Waals surface area contributed by atoms with Crippen LogP contribution in [0.1, 0.15) is 6.42 Å². The molecule has 3 heteroatoms. The van der Waals surface area contributed by atoms with Crippen molar-refractivity contribution in [3.8, 4) is 0 Å². The van der Waals surface area contributed by atoms with Gasteiger partial charge in [-0.15, -0.1) is 0 Å². The van der Waals surface area contributed by atoms with E-state index in [2.05, 4.69) is 5.32 Å². The van der Waals surface area contributed by atoms with Crippen molar-refractivity contribution in [2.45, 2.75) is 6.42 Å². The Hall–Kier alpha value is -0.120. The number of aliphatic hydroxyl groups excluding tert-OH is 1. The first-order valence-corrected chi connectivity index (χ1v) is 2.72. The summed E-state index contributed by atoms with van der Waals surface area (Å²) in [6, 6.07) is 0. The number of nitrogens with one attached hydrogen (secondary N) is 1. The molecule has 0 bridgehead atoms. The standard InChI is InChI=1S/C5H13NO2/c1-8-5-6-3-2-4-7/h6-7H,2-5H2,1H3. The predicted octanol–water partition coefficient (Wildman–Crippen LogP) is -0.438. The molecule has 0 unspecified atom stereocenters. The molecule has 0 rings (SSSR count). The minimum Gasteiger partial charge on any atom is -0.396 e. The average molecular weight is 119 g/mol. The Labute approximate surface area is 49.7 Å². The van der Waals surface area contributed by atoms with Crippen molar-refractivity contribution in [3.05, 3.63) is 0 Å². The molecule has 8 heavy (non-hydrogen) atoms. The van der Waals surface area contributed by atoms with Gasteiger partial charge in [0.25, 0.3) is 0 Å². The number of methoxy groups -OCH3 is 1. The van der Waals surface area contributed by atoms with Gasteiger partial charge in [-0.05, 0) is 13.0 Å². The van der Waals surface area contributed by atoms with Gasteiger partial charge < -0.3 is 9.84 Å². The third kappa shape index (κ3) is 5.88. The summed E-state index contributed by atoms with van der Waals surface area (Å²) >= 11 is 0. The first-order valence-electron chi connectivity index (χ1n) is 2.72. The fraction of sp³-hybridized carbons (Fsp3) is 1.00. The van der Waals surface area contributed by atoms with Crippen LogP contribution >= 0.6 is 0 Å². The summed E-state index contributed by atoms with van der Waals surface area (Å²) in [7, 11) is 1.63. The summed E-state index contributed by atoms with van der Waals surface area (Å²) in [5.41, 5.74) is 0. The van der Waals surface area contributed by atoms with Crippen molar-refractivity contribution in [1.29, 1.82) is 0 Å². The van der Waals surface area contributed by atoms with Gasteiger partial charge in [0, 0.05) is 13.7 Å². The zero-order valence-electron chi connectivity index (χ0n) is 5.18. The zero-order valence-corrected chi connectivity index (χ0v) is 5.18. The molecule has 0 aliphatic heterocycles. The summed E-state index contributed by atoms with van der Waals surface area (Å²) in [6.07, 6.45) is 0.795. The molecule has 3 nitrogen and oxygen atoms in total. The molecule has 0 amide bonds. The molecule has 0 aromatic carbocycles. The molecule has 0 heterocycles. The summed E-state index contributed by atoms with van der Waals surface area (Å²) in [6.45, 7) is 1.64. The average Bonchev–Trinajstić information content (AvgIpc) is 1.81. The molecule has 0 saturated heterocycles. The SMILES string of the molecule is COCNCCCO. The smallest absolute Gasteiger partial charge is 0.0961 e. The van der Waals surface area contributed by atoms with E-state index in [4.69, 9.17) is 9.84 Å². The van der Waals surface area contributed by atoms with Crippen LogP contribution in [0.25, 0.3) is 0 Å². The molecule has 0 spiro atoms. The minimum atomic E-state index is 0.247. The van der Waals surface area contributed by atoms with Gasteiger partial charge in [-0.25, -0.2) is 0 Å². The molecular formula is C5H13NO2. The number of hydrogen-bond acceptors (Lipinski definition) is 3. The molecule has 0 aliphatic rings. The minimum absolute atomic E-state index is 0.247. The fourth-order valence-electron chi connectivity index (χ4n) is 0.378. The maximum absolute atomic E-state index is 8.28. The zero-order chi connectivity index (χ0) is 6.24.